The van der Waals surface area contributed by atoms with Crippen LogP contribution in [0, 0.1) is 0 Å². The zero-order valence-corrected chi connectivity index (χ0v) is 11.8. The second kappa shape index (κ2) is 7.34. The minimum Gasteiger partial charge on any atom is -0.480 e. The number of carboxylic acids is 1. The second-order valence-electron chi connectivity index (χ2n) is 3.46. The molecule has 1 heterocycles. The third-order valence-corrected chi connectivity index (χ3v) is 3.76. The number of nitrogens with one attached hydrogen (secondary N) is 2. The van der Waals surface area contributed by atoms with E-state index >= 15 is 0 Å². The molecule has 0 saturated heterocycles. The van der Waals surface area contributed by atoms with Crippen molar-refractivity contribution in [2.45, 2.75) is 19.0 Å². The number of aliphatic hydroxyl groups excluding tert-OH is 1. The molecule has 18 heavy (non-hydrogen) atoms. The van der Waals surface area contributed by atoms with Crippen molar-refractivity contribution in [2.24, 2.45) is 0 Å². The second-order valence-corrected chi connectivity index (χ2v) is 5.37. The van der Waals surface area contributed by atoms with Gasteiger partial charge in [0, 0.05) is 27.8 Å². The molecule has 2 amide bonds. The third-order valence-electron chi connectivity index (χ3n) is 2.07. The fourth-order valence-corrected chi connectivity index (χ4v) is 2.60. The molecule has 0 fully saturated rings. The van der Waals surface area contributed by atoms with Crippen LogP contribution in [0.25, 0.3) is 0 Å². The lowest BCUT2D eigenvalue weighted by Gasteiger charge is -2.13. The lowest BCUT2D eigenvalue weighted by atomic mass is 10.2. The predicted molar refractivity (Wildman–Crippen MR) is 70.5 cm³/mol. The van der Waals surface area contributed by atoms with E-state index in [-0.39, 0.29) is 13.0 Å². The number of carbonyl (C=O) groups is 2. The Morgan fingerprint density at radius 2 is 2.22 bits per heavy atom. The van der Waals surface area contributed by atoms with E-state index in [0.29, 0.717) is 6.54 Å². The average molecular weight is 337 g/mol. The smallest absolute Gasteiger partial charge is 0.326 e. The summed E-state index contributed by atoms with van der Waals surface area (Å²) in [6.45, 7) is 0.0304. The van der Waals surface area contributed by atoms with Gasteiger partial charge in [-0.25, -0.2) is 9.59 Å². The summed E-state index contributed by atoms with van der Waals surface area (Å²) in [6, 6.07) is 0.221. The van der Waals surface area contributed by atoms with E-state index in [1.165, 1.54) is 11.3 Å². The molecule has 1 atom stereocenters. The number of amides is 2. The Morgan fingerprint density at radius 3 is 2.72 bits per heavy atom. The van der Waals surface area contributed by atoms with E-state index in [0.717, 1.165) is 9.35 Å². The maximum atomic E-state index is 11.4. The molecule has 1 aromatic heterocycles. The Kier molecular flexibility index (Phi) is 6.10. The van der Waals surface area contributed by atoms with Crippen molar-refractivity contribution in [3.63, 3.8) is 0 Å². The van der Waals surface area contributed by atoms with Gasteiger partial charge in [0.15, 0.2) is 0 Å². The number of hydrogen-bond donors (Lipinski definition) is 4. The van der Waals surface area contributed by atoms with Gasteiger partial charge in [0.25, 0.3) is 0 Å². The lowest BCUT2D eigenvalue weighted by molar-refractivity contribution is -0.139. The molecular weight excluding hydrogens is 324 g/mol. The molecule has 0 radical (unpaired) electrons. The van der Waals surface area contributed by atoms with Gasteiger partial charge in [-0.15, -0.1) is 11.3 Å². The van der Waals surface area contributed by atoms with Crippen LogP contribution in [-0.4, -0.2) is 34.9 Å². The van der Waals surface area contributed by atoms with Gasteiger partial charge in [-0.05, 0) is 22.0 Å². The first-order valence-electron chi connectivity index (χ1n) is 5.14. The zero-order chi connectivity index (χ0) is 13.5. The van der Waals surface area contributed by atoms with E-state index in [2.05, 4.69) is 26.6 Å². The topological polar surface area (TPSA) is 98.7 Å². The summed E-state index contributed by atoms with van der Waals surface area (Å²) in [6.07, 6.45) is -0.0205. The fourth-order valence-electron chi connectivity index (χ4n) is 1.21. The summed E-state index contributed by atoms with van der Waals surface area (Å²) in [5, 5.41) is 24.2. The number of aliphatic hydroxyl groups is 1. The summed E-state index contributed by atoms with van der Waals surface area (Å²) < 4.78 is 0.938. The quantitative estimate of drug-likeness (QED) is 0.626. The number of halogens is 1. The zero-order valence-electron chi connectivity index (χ0n) is 9.35. The molecule has 0 spiro atoms. The molecule has 0 aliphatic heterocycles. The highest BCUT2D eigenvalue weighted by molar-refractivity contribution is 9.10. The Bertz CT molecular complexity index is 424. The van der Waals surface area contributed by atoms with Gasteiger partial charge in [-0.2, -0.15) is 0 Å². The van der Waals surface area contributed by atoms with Crippen LogP contribution in [0.15, 0.2) is 15.9 Å². The highest BCUT2D eigenvalue weighted by Gasteiger charge is 2.18. The van der Waals surface area contributed by atoms with Crippen LogP contribution in [-0.2, 0) is 11.3 Å². The highest BCUT2D eigenvalue weighted by Crippen LogP contribution is 2.19. The van der Waals surface area contributed by atoms with Crippen LogP contribution in [0.5, 0.6) is 0 Å². The minimum absolute atomic E-state index is 0.0205. The van der Waals surface area contributed by atoms with Crippen molar-refractivity contribution in [1.82, 2.24) is 10.6 Å². The van der Waals surface area contributed by atoms with Crippen LogP contribution >= 0.6 is 27.3 Å². The maximum Gasteiger partial charge on any atom is 0.326 e. The molecule has 0 saturated carbocycles. The Morgan fingerprint density at radius 1 is 1.50 bits per heavy atom. The van der Waals surface area contributed by atoms with Gasteiger partial charge in [0.1, 0.15) is 6.04 Å². The van der Waals surface area contributed by atoms with Crippen LogP contribution in [0.4, 0.5) is 4.79 Å². The first-order valence-corrected chi connectivity index (χ1v) is 6.81. The molecule has 0 aliphatic rings. The SMILES string of the molecule is O=C(NCc1cc(Br)cs1)NC(CCO)C(=O)O. The molecule has 0 bridgehead atoms. The normalized spacial score (nSPS) is 11.9. The summed E-state index contributed by atoms with van der Waals surface area (Å²) in [5.74, 6) is -1.17. The van der Waals surface area contributed by atoms with Gasteiger partial charge >= 0.3 is 12.0 Å². The average Bonchev–Trinajstić information content (AvgIpc) is 2.72. The van der Waals surface area contributed by atoms with Gasteiger partial charge in [-0.1, -0.05) is 0 Å². The summed E-state index contributed by atoms with van der Waals surface area (Å²) in [7, 11) is 0. The summed E-state index contributed by atoms with van der Waals surface area (Å²) in [5.41, 5.74) is 0. The highest BCUT2D eigenvalue weighted by atomic mass is 79.9. The van der Waals surface area contributed by atoms with Crippen molar-refractivity contribution >= 4 is 39.3 Å². The third kappa shape index (κ3) is 5.03. The number of carboxylic acid groups (broad SMARTS) is 1. The van der Waals surface area contributed by atoms with Crippen molar-refractivity contribution in [2.75, 3.05) is 6.61 Å². The Balaban J connectivity index is 2.38. The van der Waals surface area contributed by atoms with Gasteiger partial charge in [-0.3, -0.25) is 0 Å². The molecule has 8 heteroatoms. The molecule has 0 aromatic carbocycles. The lowest BCUT2D eigenvalue weighted by Crippen LogP contribution is -2.46. The molecular formula is C10H13BrN2O4S. The van der Waals surface area contributed by atoms with E-state index in [4.69, 9.17) is 10.2 Å². The van der Waals surface area contributed by atoms with E-state index in [9.17, 15) is 9.59 Å². The maximum absolute atomic E-state index is 11.4. The van der Waals surface area contributed by atoms with Crippen molar-refractivity contribution in [1.29, 1.82) is 0 Å². The van der Waals surface area contributed by atoms with Gasteiger partial charge in [0.05, 0.1) is 6.54 Å². The van der Waals surface area contributed by atoms with E-state index in [1.807, 2.05) is 11.4 Å². The van der Waals surface area contributed by atoms with Crippen molar-refractivity contribution in [3.05, 3.63) is 20.8 Å². The number of thiophene rings is 1. The predicted octanol–water partition coefficient (Wildman–Crippen LogP) is 1.15. The van der Waals surface area contributed by atoms with Gasteiger partial charge in [0.2, 0.25) is 0 Å². The van der Waals surface area contributed by atoms with Crippen LogP contribution in [0.3, 0.4) is 0 Å². The van der Waals surface area contributed by atoms with Gasteiger partial charge < -0.3 is 20.8 Å². The summed E-state index contributed by atoms with van der Waals surface area (Å²) >= 11 is 4.78. The first kappa shape index (κ1) is 14.9. The molecule has 1 aromatic rings. The van der Waals surface area contributed by atoms with E-state index < -0.39 is 18.0 Å². The Hall–Kier alpha value is -1.12. The number of aliphatic carboxylic acids is 1. The largest absolute Gasteiger partial charge is 0.480 e. The van der Waals surface area contributed by atoms with E-state index in [1.54, 1.807) is 0 Å². The molecule has 1 unspecified atom stereocenters. The number of carbonyl (C=O) groups excluding carboxylic acids is 1. The molecule has 0 aliphatic carbocycles. The van der Waals surface area contributed by atoms with Crippen molar-refractivity contribution in [3.8, 4) is 0 Å². The summed E-state index contributed by atoms with van der Waals surface area (Å²) in [4.78, 5) is 23.1. The number of rotatable bonds is 6. The molecule has 4 N–H and O–H groups in total. The fraction of sp³-hybridized carbons (Fsp3) is 0.400. The molecule has 6 nitrogen and oxygen atoms in total. The number of hydrogen-bond acceptors (Lipinski definition) is 4. The standard InChI is InChI=1S/C10H13BrN2O4S/c11-6-3-7(18-5-6)4-12-10(17)13-8(1-2-14)9(15)16/h3,5,8,14H,1-2,4H2,(H,15,16)(H2,12,13,17). The van der Waals surface area contributed by atoms with Crippen molar-refractivity contribution < 1.29 is 19.8 Å². The van der Waals surface area contributed by atoms with Crippen LogP contribution in [0.2, 0.25) is 0 Å². The monoisotopic (exact) mass is 336 g/mol. The number of urea groups is 1. The van der Waals surface area contributed by atoms with Crippen LogP contribution in [0.1, 0.15) is 11.3 Å². The minimum atomic E-state index is -1.17. The Labute approximate surface area is 116 Å². The van der Waals surface area contributed by atoms with Crippen LogP contribution < -0.4 is 10.6 Å². The molecule has 100 valence electrons. The first-order chi connectivity index (χ1) is 8.52. The molecule has 1 rings (SSSR count).